The summed E-state index contributed by atoms with van der Waals surface area (Å²) < 4.78 is 9.22. The van der Waals surface area contributed by atoms with E-state index in [-0.39, 0.29) is 5.56 Å². The van der Waals surface area contributed by atoms with Crippen molar-refractivity contribution in [1.29, 1.82) is 0 Å². The third-order valence-corrected chi connectivity index (χ3v) is 6.43. The zero-order valence-electron chi connectivity index (χ0n) is 16.5. The van der Waals surface area contributed by atoms with E-state index in [4.69, 9.17) is 4.74 Å². The number of nitrogens with zero attached hydrogens (tertiary/aromatic N) is 2. The molecule has 1 atom stereocenters. The fourth-order valence-electron chi connectivity index (χ4n) is 3.09. The van der Waals surface area contributed by atoms with Crippen molar-refractivity contribution in [2.75, 3.05) is 6.61 Å². The first kappa shape index (κ1) is 19.6. The van der Waals surface area contributed by atoms with Crippen LogP contribution >= 0.6 is 0 Å². The highest BCUT2D eigenvalue weighted by molar-refractivity contribution is 6.76. The Balaban J connectivity index is 1.90. The molecule has 144 valence electrons. The number of ether oxygens (including phenoxy) is 1. The topological polar surface area (TPSA) is 56.4 Å². The predicted octanol–water partition coefficient (Wildman–Crippen LogP) is 3.73. The van der Waals surface area contributed by atoms with Crippen LogP contribution in [0.5, 0.6) is 0 Å². The van der Waals surface area contributed by atoms with Crippen molar-refractivity contribution in [3.63, 3.8) is 0 Å². The van der Waals surface area contributed by atoms with Gasteiger partial charge in [-0.2, -0.15) is 0 Å². The molecule has 0 radical (unpaired) electrons. The first-order chi connectivity index (χ1) is 12.8. The van der Waals surface area contributed by atoms with Gasteiger partial charge >= 0.3 is 0 Å². The highest BCUT2D eigenvalue weighted by atomic mass is 28.3. The van der Waals surface area contributed by atoms with Gasteiger partial charge in [0.15, 0.2) is 0 Å². The van der Waals surface area contributed by atoms with Crippen molar-refractivity contribution in [2.24, 2.45) is 7.05 Å². The van der Waals surface area contributed by atoms with Gasteiger partial charge in [0, 0.05) is 51.3 Å². The number of aliphatic hydroxyl groups excluding tert-OH is 1. The van der Waals surface area contributed by atoms with Crippen LogP contribution in [0.15, 0.2) is 53.7 Å². The molecule has 0 aliphatic rings. The highest BCUT2D eigenvalue weighted by Crippen LogP contribution is 2.27. The van der Waals surface area contributed by atoms with E-state index in [2.05, 4.69) is 19.6 Å². The SMILES string of the molecule is Cn1cc(C(O)c2ccccc2)c2cn(COCC[Si](C)(C)C)cc2c1=O. The Morgan fingerprint density at radius 3 is 2.41 bits per heavy atom. The van der Waals surface area contributed by atoms with E-state index in [1.54, 1.807) is 13.2 Å². The summed E-state index contributed by atoms with van der Waals surface area (Å²) in [5.74, 6) is 0. The summed E-state index contributed by atoms with van der Waals surface area (Å²) in [5, 5.41) is 12.2. The van der Waals surface area contributed by atoms with Crippen LogP contribution in [0.25, 0.3) is 10.8 Å². The normalized spacial score (nSPS) is 13.2. The molecule has 0 bridgehead atoms. The van der Waals surface area contributed by atoms with Crippen LogP contribution in [0.2, 0.25) is 25.7 Å². The minimum absolute atomic E-state index is 0.0742. The number of benzene rings is 1. The van der Waals surface area contributed by atoms with Crippen molar-refractivity contribution in [3.8, 4) is 0 Å². The molecule has 2 heterocycles. The van der Waals surface area contributed by atoms with Gasteiger partial charge in [-0.15, -0.1) is 0 Å². The third-order valence-electron chi connectivity index (χ3n) is 4.72. The summed E-state index contributed by atoms with van der Waals surface area (Å²) >= 11 is 0. The second-order valence-corrected chi connectivity index (χ2v) is 13.9. The van der Waals surface area contributed by atoms with Crippen LogP contribution in [-0.2, 0) is 18.5 Å². The van der Waals surface area contributed by atoms with Gasteiger partial charge in [0.25, 0.3) is 5.56 Å². The van der Waals surface area contributed by atoms with E-state index in [9.17, 15) is 9.90 Å². The molecule has 0 aliphatic heterocycles. The molecule has 0 amide bonds. The first-order valence-electron chi connectivity index (χ1n) is 9.26. The molecule has 3 aromatic rings. The molecule has 0 spiro atoms. The molecular weight excluding hydrogens is 356 g/mol. The zero-order chi connectivity index (χ0) is 19.6. The molecule has 2 aromatic heterocycles. The number of aryl methyl sites for hydroxylation is 1. The van der Waals surface area contributed by atoms with E-state index in [0.29, 0.717) is 12.1 Å². The first-order valence-corrected chi connectivity index (χ1v) is 13.0. The van der Waals surface area contributed by atoms with Crippen molar-refractivity contribution in [3.05, 3.63) is 70.4 Å². The highest BCUT2D eigenvalue weighted by Gasteiger charge is 2.18. The minimum Gasteiger partial charge on any atom is -0.384 e. The zero-order valence-corrected chi connectivity index (χ0v) is 17.5. The number of fused-ring (bicyclic) bond motifs is 1. The summed E-state index contributed by atoms with van der Waals surface area (Å²) in [7, 11) is 0.587. The molecule has 3 rings (SSSR count). The Morgan fingerprint density at radius 2 is 1.74 bits per heavy atom. The fourth-order valence-corrected chi connectivity index (χ4v) is 3.85. The van der Waals surface area contributed by atoms with E-state index in [1.807, 2.05) is 47.3 Å². The number of hydrogen-bond donors (Lipinski definition) is 1. The molecular formula is C21H28N2O3Si. The number of pyridine rings is 1. The number of aromatic nitrogens is 2. The van der Waals surface area contributed by atoms with Gasteiger partial charge in [0.2, 0.25) is 0 Å². The molecule has 0 fully saturated rings. The van der Waals surface area contributed by atoms with E-state index < -0.39 is 14.2 Å². The molecule has 6 heteroatoms. The van der Waals surface area contributed by atoms with E-state index in [1.165, 1.54) is 4.57 Å². The van der Waals surface area contributed by atoms with Crippen molar-refractivity contribution in [2.45, 2.75) is 38.5 Å². The van der Waals surface area contributed by atoms with Crippen LogP contribution in [0.4, 0.5) is 0 Å². The Kier molecular flexibility index (Phi) is 5.69. The van der Waals surface area contributed by atoms with E-state index in [0.717, 1.165) is 29.2 Å². The van der Waals surface area contributed by atoms with Crippen LogP contribution < -0.4 is 5.56 Å². The molecule has 0 aliphatic carbocycles. The summed E-state index contributed by atoms with van der Waals surface area (Å²) in [5.41, 5.74) is 1.45. The lowest BCUT2D eigenvalue weighted by atomic mass is 10.00. The molecule has 0 saturated carbocycles. The van der Waals surface area contributed by atoms with Crippen molar-refractivity contribution >= 4 is 18.8 Å². The van der Waals surface area contributed by atoms with Crippen LogP contribution in [0.3, 0.4) is 0 Å². The summed E-state index contributed by atoms with van der Waals surface area (Å²) in [4.78, 5) is 12.5. The molecule has 0 saturated heterocycles. The maximum Gasteiger partial charge on any atom is 0.259 e. The Hall–Kier alpha value is -2.15. The maximum absolute atomic E-state index is 12.5. The summed E-state index contributed by atoms with van der Waals surface area (Å²) in [6.45, 7) is 8.09. The molecule has 1 aromatic carbocycles. The van der Waals surface area contributed by atoms with Gasteiger partial charge in [-0.25, -0.2) is 0 Å². The predicted molar refractivity (Wildman–Crippen MR) is 112 cm³/mol. The lowest BCUT2D eigenvalue weighted by molar-refractivity contribution is 0.0877. The summed E-state index contributed by atoms with van der Waals surface area (Å²) in [6, 6.07) is 10.6. The molecule has 1 N–H and O–H groups in total. The lowest BCUT2D eigenvalue weighted by Crippen LogP contribution is -2.21. The van der Waals surface area contributed by atoms with Crippen LogP contribution in [0, 0.1) is 0 Å². The van der Waals surface area contributed by atoms with Crippen LogP contribution in [0.1, 0.15) is 17.2 Å². The Morgan fingerprint density at radius 1 is 1.07 bits per heavy atom. The van der Waals surface area contributed by atoms with Gasteiger partial charge in [-0.1, -0.05) is 50.0 Å². The minimum atomic E-state index is -1.13. The maximum atomic E-state index is 12.5. The second kappa shape index (κ2) is 7.84. The molecule has 27 heavy (non-hydrogen) atoms. The van der Waals surface area contributed by atoms with Crippen molar-refractivity contribution in [1.82, 2.24) is 9.13 Å². The number of aliphatic hydroxyl groups is 1. The van der Waals surface area contributed by atoms with Gasteiger partial charge in [-0.05, 0) is 11.6 Å². The molecule has 1 unspecified atom stereocenters. The smallest absolute Gasteiger partial charge is 0.259 e. The average Bonchev–Trinajstić information content (AvgIpc) is 3.06. The van der Waals surface area contributed by atoms with Gasteiger partial charge in [0.05, 0.1) is 5.39 Å². The monoisotopic (exact) mass is 384 g/mol. The van der Waals surface area contributed by atoms with Crippen LogP contribution in [-0.4, -0.2) is 28.9 Å². The quantitative estimate of drug-likeness (QED) is 0.499. The standard InChI is InChI=1S/C21H28N2O3Si/c1-22-12-18(20(24)16-8-6-5-7-9-16)17-13-23(14-19(17)21(22)25)15-26-10-11-27(2,3)4/h5-9,12-14,20,24H,10-11,15H2,1-4H3. The van der Waals surface area contributed by atoms with Gasteiger partial charge < -0.3 is 19.0 Å². The lowest BCUT2D eigenvalue weighted by Gasteiger charge is -2.15. The van der Waals surface area contributed by atoms with E-state index >= 15 is 0 Å². The van der Waals surface area contributed by atoms with Gasteiger partial charge in [0.1, 0.15) is 12.8 Å². The number of rotatable bonds is 7. The molecule has 5 nitrogen and oxygen atoms in total. The Labute approximate surface area is 160 Å². The Bertz CT molecular complexity index is 971. The average molecular weight is 385 g/mol. The summed E-state index contributed by atoms with van der Waals surface area (Å²) in [6.07, 6.45) is 4.64. The fraction of sp³-hybridized carbons (Fsp3) is 0.381. The third kappa shape index (κ3) is 4.58. The second-order valence-electron chi connectivity index (χ2n) is 8.26. The van der Waals surface area contributed by atoms with Crippen molar-refractivity contribution < 1.29 is 9.84 Å². The number of hydrogen-bond acceptors (Lipinski definition) is 3. The largest absolute Gasteiger partial charge is 0.384 e. The van der Waals surface area contributed by atoms with Gasteiger partial charge in [-0.3, -0.25) is 4.79 Å².